The van der Waals surface area contributed by atoms with E-state index in [9.17, 15) is 4.79 Å². The Bertz CT molecular complexity index is 399. The van der Waals surface area contributed by atoms with Crippen LogP contribution in [-0.4, -0.2) is 55.0 Å². The topological polar surface area (TPSA) is 49.6 Å². The first-order chi connectivity index (χ1) is 9.22. The lowest BCUT2D eigenvalue weighted by Gasteiger charge is -2.36. The first-order valence-electron chi connectivity index (χ1n) is 6.97. The lowest BCUT2D eigenvalue weighted by atomic mass is 10.0. The fraction of sp³-hybridized carbons (Fsp3) is 0.533. The third-order valence-corrected chi connectivity index (χ3v) is 3.88. The highest BCUT2D eigenvalue weighted by Crippen LogP contribution is 2.17. The quantitative estimate of drug-likeness (QED) is 0.885. The molecule has 19 heavy (non-hydrogen) atoms. The van der Waals surface area contributed by atoms with Crippen LogP contribution in [0.1, 0.15) is 23.2 Å². The largest absolute Gasteiger partial charge is 0.339 e. The summed E-state index contributed by atoms with van der Waals surface area (Å²) in [5, 5.41) is 0. The number of likely N-dealkylation sites (tertiary alicyclic amines) is 1. The molecule has 1 amide bonds. The van der Waals surface area contributed by atoms with Crippen molar-refractivity contribution in [1.82, 2.24) is 9.80 Å². The average Bonchev–Trinajstić information content (AvgIpc) is 2.48. The van der Waals surface area contributed by atoms with E-state index in [1.54, 1.807) is 0 Å². The van der Waals surface area contributed by atoms with Crippen molar-refractivity contribution in [2.75, 3.05) is 33.2 Å². The first kappa shape index (κ1) is 14.0. The van der Waals surface area contributed by atoms with Gasteiger partial charge in [-0.15, -0.1) is 0 Å². The Hall–Kier alpha value is -1.39. The highest BCUT2D eigenvalue weighted by atomic mass is 16.2. The van der Waals surface area contributed by atoms with Crippen molar-refractivity contribution >= 4 is 5.91 Å². The zero-order valence-corrected chi connectivity index (χ0v) is 11.6. The van der Waals surface area contributed by atoms with Gasteiger partial charge in [0.25, 0.3) is 5.91 Å². The Kier molecular flexibility index (Phi) is 4.93. The number of amides is 1. The van der Waals surface area contributed by atoms with Gasteiger partial charge in [0.05, 0.1) is 0 Å². The van der Waals surface area contributed by atoms with Crippen molar-refractivity contribution in [1.29, 1.82) is 0 Å². The SMILES string of the molecule is CN(CCN)C1CCN(C(=O)c2ccccc2)CC1. The number of nitrogens with zero attached hydrogens (tertiary/aromatic N) is 2. The normalized spacial score (nSPS) is 16.9. The predicted octanol–water partition coefficient (Wildman–Crippen LogP) is 1.18. The van der Waals surface area contributed by atoms with Gasteiger partial charge in [0.1, 0.15) is 0 Å². The predicted molar refractivity (Wildman–Crippen MR) is 77.1 cm³/mol. The van der Waals surface area contributed by atoms with Gasteiger partial charge in [-0.25, -0.2) is 0 Å². The maximum Gasteiger partial charge on any atom is 0.253 e. The van der Waals surface area contributed by atoms with E-state index < -0.39 is 0 Å². The molecule has 1 aliphatic heterocycles. The second-order valence-electron chi connectivity index (χ2n) is 5.16. The molecule has 104 valence electrons. The number of hydrogen-bond acceptors (Lipinski definition) is 3. The Balaban J connectivity index is 1.88. The third kappa shape index (κ3) is 3.55. The minimum absolute atomic E-state index is 0.153. The molecule has 1 aliphatic rings. The molecule has 0 bridgehead atoms. The number of rotatable bonds is 4. The van der Waals surface area contributed by atoms with Gasteiger partial charge < -0.3 is 15.5 Å². The summed E-state index contributed by atoms with van der Waals surface area (Å²) in [6.07, 6.45) is 2.07. The Labute approximate surface area is 115 Å². The number of piperidine rings is 1. The average molecular weight is 261 g/mol. The number of nitrogens with two attached hydrogens (primary N) is 1. The zero-order chi connectivity index (χ0) is 13.7. The van der Waals surface area contributed by atoms with Crippen LogP contribution in [0.15, 0.2) is 30.3 Å². The van der Waals surface area contributed by atoms with Crippen LogP contribution < -0.4 is 5.73 Å². The Morgan fingerprint density at radius 2 is 1.95 bits per heavy atom. The molecule has 0 unspecified atom stereocenters. The summed E-state index contributed by atoms with van der Waals surface area (Å²) in [7, 11) is 2.12. The molecule has 1 saturated heterocycles. The van der Waals surface area contributed by atoms with Crippen LogP contribution in [0.3, 0.4) is 0 Å². The number of likely N-dealkylation sites (N-methyl/N-ethyl adjacent to an activating group) is 1. The summed E-state index contributed by atoms with van der Waals surface area (Å²) in [6, 6.07) is 10.1. The van der Waals surface area contributed by atoms with Crippen LogP contribution >= 0.6 is 0 Å². The smallest absolute Gasteiger partial charge is 0.253 e. The van der Waals surface area contributed by atoms with Crippen LogP contribution in [-0.2, 0) is 0 Å². The lowest BCUT2D eigenvalue weighted by Crippen LogP contribution is -2.46. The van der Waals surface area contributed by atoms with E-state index in [0.29, 0.717) is 12.6 Å². The summed E-state index contributed by atoms with van der Waals surface area (Å²) >= 11 is 0. The maximum atomic E-state index is 12.3. The number of benzene rings is 1. The summed E-state index contributed by atoms with van der Waals surface area (Å²) in [4.78, 5) is 16.6. The summed E-state index contributed by atoms with van der Waals surface area (Å²) in [5.74, 6) is 0.153. The number of carbonyl (C=O) groups excluding carboxylic acids is 1. The lowest BCUT2D eigenvalue weighted by molar-refractivity contribution is 0.0648. The summed E-state index contributed by atoms with van der Waals surface area (Å²) in [5.41, 5.74) is 6.37. The molecular weight excluding hydrogens is 238 g/mol. The van der Waals surface area contributed by atoms with Gasteiger partial charge in [0.15, 0.2) is 0 Å². The molecule has 1 heterocycles. The number of hydrogen-bond donors (Lipinski definition) is 1. The van der Waals surface area contributed by atoms with E-state index in [0.717, 1.165) is 38.0 Å². The van der Waals surface area contributed by atoms with Crippen LogP contribution in [0.4, 0.5) is 0 Å². The minimum atomic E-state index is 0.153. The Morgan fingerprint density at radius 3 is 2.53 bits per heavy atom. The molecule has 4 heteroatoms. The Morgan fingerprint density at radius 1 is 1.32 bits per heavy atom. The van der Waals surface area contributed by atoms with Crippen LogP contribution in [0.2, 0.25) is 0 Å². The molecule has 0 aromatic heterocycles. The number of carbonyl (C=O) groups is 1. The van der Waals surface area contributed by atoms with Crippen LogP contribution in [0.5, 0.6) is 0 Å². The fourth-order valence-electron chi connectivity index (χ4n) is 2.66. The molecule has 0 aliphatic carbocycles. The highest BCUT2D eigenvalue weighted by molar-refractivity contribution is 5.94. The van der Waals surface area contributed by atoms with E-state index >= 15 is 0 Å². The molecule has 2 rings (SSSR count). The standard InChI is InChI=1S/C15H23N3O/c1-17(12-9-16)14-7-10-18(11-8-14)15(19)13-5-3-2-4-6-13/h2-6,14H,7-12,16H2,1H3. The van der Waals surface area contributed by atoms with Crippen molar-refractivity contribution in [3.63, 3.8) is 0 Å². The second-order valence-corrected chi connectivity index (χ2v) is 5.16. The van der Waals surface area contributed by atoms with Gasteiger partial charge >= 0.3 is 0 Å². The molecule has 1 aromatic rings. The van der Waals surface area contributed by atoms with E-state index in [1.807, 2.05) is 35.2 Å². The monoisotopic (exact) mass is 261 g/mol. The van der Waals surface area contributed by atoms with Gasteiger partial charge in [-0.05, 0) is 32.0 Å². The van der Waals surface area contributed by atoms with Gasteiger partial charge in [0, 0.05) is 37.8 Å². The first-order valence-corrected chi connectivity index (χ1v) is 6.97. The van der Waals surface area contributed by atoms with Gasteiger partial charge in [-0.1, -0.05) is 18.2 Å². The van der Waals surface area contributed by atoms with Crippen molar-refractivity contribution in [3.8, 4) is 0 Å². The highest BCUT2D eigenvalue weighted by Gasteiger charge is 2.25. The van der Waals surface area contributed by atoms with Gasteiger partial charge in [-0.3, -0.25) is 4.79 Å². The molecule has 1 aromatic carbocycles. The van der Waals surface area contributed by atoms with Crippen molar-refractivity contribution < 1.29 is 4.79 Å². The molecule has 0 radical (unpaired) electrons. The molecular formula is C15H23N3O. The van der Waals surface area contributed by atoms with Gasteiger partial charge in [-0.2, -0.15) is 0 Å². The summed E-state index contributed by atoms with van der Waals surface area (Å²) < 4.78 is 0. The van der Waals surface area contributed by atoms with E-state index in [1.165, 1.54) is 0 Å². The molecule has 4 nitrogen and oxygen atoms in total. The molecule has 2 N–H and O–H groups in total. The fourth-order valence-corrected chi connectivity index (χ4v) is 2.66. The van der Waals surface area contributed by atoms with E-state index in [4.69, 9.17) is 5.73 Å². The van der Waals surface area contributed by atoms with E-state index in [2.05, 4.69) is 11.9 Å². The van der Waals surface area contributed by atoms with Crippen LogP contribution in [0, 0.1) is 0 Å². The second kappa shape index (κ2) is 6.68. The van der Waals surface area contributed by atoms with Crippen molar-refractivity contribution in [3.05, 3.63) is 35.9 Å². The molecule has 1 fully saturated rings. The van der Waals surface area contributed by atoms with Crippen molar-refractivity contribution in [2.24, 2.45) is 5.73 Å². The summed E-state index contributed by atoms with van der Waals surface area (Å²) in [6.45, 7) is 3.30. The third-order valence-electron chi connectivity index (χ3n) is 3.88. The van der Waals surface area contributed by atoms with Gasteiger partial charge in [0.2, 0.25) is 0 Å². The molecule has 0 saturated carbocycles. The molecule has 0 atom stereocenters. The maximum absolute atomic E-state index is 12.3. The minimum Gasteiger partial charge on any atom is -0.339 e. The van der Waals surface area contributed by atoms with E-state index in [-0.39, 0.29) is 5.91 Å². The molecule has 0 spiro atoms. The van der Waals surface area contributed by atoms with Crippen molar-refractivity contribution in [2.45, 2.75) is 18.9 Å². The zero-order valence-electron chi connectivity index (χ0n) is 11.6. The van der Waals surface area contributed by atoms with Crippen LogP contribution in [0.25, 0.3) is 0 Å².